The molecule has 1 N–H and O–H groups in total. The maximum absolute atomic E-state index is 5.85. The van der Waals surface area contributed by atoms with Crippen LogP contribution in [0.3, 0.4) is 0 Å². The van der Waals surface area contributed by atoms with E-state index in [0.717, 1.165) is 43.2 Å². The first-order valence-electron chi connectivity index (χ1n) is 10.4. The van der Waals surface area contributed by atoms with Crippen LogP contribution in [0.1, 0.15) is 31.4 Å². The van der Waals surface area contributed by atoms with Crippen molar-refractivity contribution in [2.45, 2.75) is 33.2 Å². The zero-order chi connectivity index (χ0) is 20.3. The van der Waals surface area contributed by atoms with Gasteiger partial charge in [-0.05, 0) is 59.9 Å². The largest absolute Gasteiger partial charge is 0.494 e. The smallest absolute Gasteiger partial charge is 0.119 e. The summed E-state index contributed by atoms with van der Waals surface area (Å²) in [5, 5.41) is 3.46. The maximum atomic E-state index is 5.85. The average molecular weight is 390 g/mol. The van der Waals surface area contributed by atoms with Crippen molar-refractivity contribution in [3.63, 3.8) is 0 Å². The molecule has 3 aromatic rings. The van der Waals surface area contributed by atoms with E-state index in [2.05, 4.69) is 67.7 Å². The topological polar surface area (TPSA) is 30.5 Å². The Hall–Kier alpha value is -2.94. The molecule has 0 atom stereocenters. The summed E-state index contributed by atoms with van der Waals surface area (Å²) in [6, 6.07) is 26.8. The zero-order valence-electron chi connectivity index (χ0n) is 17.4. The molecule has 0 saturated carbocycles. The van der Waals surface area contributed by atoms with Crippen LogP contribution in [-0.4, -0.2) is 13.2 Å². The van der Waals surface area contributed by atoms with Gasteiger partial charge >= 0.3 is 0 Å². The Labute approximate surface area is 174 Å². The van der Waals surface area contributed by atoms with Crippen LogP contribution in [0.25, 0.3) is 0 Å². The molecule has 3 rings (SSSR count). The number of rotatable bonds is 11. The van der Waals surface area contributed by atoms with Crippen LogP contribution in [0.4, 0.5) is 5.69 Å². The second kappa shape index (κ2) is 11.2. The molecule has 0 heterocycles. The molecule has 0 bridgehead atoms. The second-order valence-corrected chi connectivity index (χ2v) is 7.64. The molecular weight excluding hydrogens is 358 g/mol. The molecule has 0 radical (unpaired) electrons. The van der Waals surface area contributed by atoms with Crippen molar-refractivity contribution in [2.24, 2.45) is 5.92 Å². The highest BCUT2D eigenvalue weighted by molar-refractivity contribution is 5.47. The van der Waals surface area contributed by atoms with E-state index in [1.54, 1.807) is 0 Å². The minimum absolute atomic E-state index is 0.658. The summed E-state index contributed by atoms with van der Waals surface area (Å²) >= 11 is 0. The molecule has 3 heteroatoms. The second-order valence-electron chi connectivity index (χ2n) is 7.64. The summed E-state index contributed by atoms with van der Waals surface area (Å²) in [5.74, 6) is 2.49. The van der Waals surface area contributed by atoms with Gasteiger partial charge in [-0.3, -0.25) is 0 Å². The summed E-state index contributed by atoms with van der Waals surface area (Å²) in [5.41, 5.74) is 3.57. The molecule has 0 aromatic heterocycles. The van der Waals surface area contributed by atoms with Crippen LogP contribution in [0.2, 0.25) is 0 Å². The minimum Gasteiger partial charge on any atom is -0.494 e. The predicted molar refractivity (Wildman–Crippen MR) is 121 cm³/mol. The first-order chi connectivity index (χ1) is 14.2. The molecule has 29 heavy (non-hydrogen) atoms. The van der Waals surface area contributed by atoms with E-state index in [4.69, 9.17) is 9.47 Å². The third-order valence-corrected chi connectivity index (χ3v) is 4.72. The molecule has 3 aromatic carbocycles. The van der Waals surface area contributed by atoms with Gasteiger partial charge in [0.05, 0.1) is 13.2 Å². The lowest BCUT2D eigenvalue weighted by Gasteiger charge is -2.11. The standard InChI is InChI=1S/C26H31NO2/c1-21(2)15-17-29-26-10-6-9-23(19-26)20-27-24-11-13-25(14-12-24)28-18-16-22-7-4-3-5-8-22/h3-14,19,21,27H,15-18,20H2,1-2H3. The van der Waals surface area contributed by atoms with Crippen LogP contribution < -0.4 is 14.8 Å². The van der Waals surface area contributed by atoms with E-state index >= 15 is 0 Å². The summed E-state index contributed by atoms with van der Waals surface area (Å²) in [6.45, 7) is 6.63. The van der Waals surface area contributed by atoms with Crippen LogP contribution in [0.5, 0.6) is 11.5 Å². The fourth-order valence-electron chi connectivity index (χ4n) is 2.96. The van der Waals surface area contributed by atoms with Gasteiger partial charge in [0.25, 0.3) is 0 Å². The SMILES string of the molecule is CC(C)CCOc1cccc(CNc2ccc(OCCc3ccccc3)cc2)c1. The first-order valence-corrected chi connectivity index (χ1v) is 10.4. The Morgan fingerprint density at radius 1 is 0.724 bits per heavy atom. The Kier molecular flexibility index (Phi) is 8.00. The Morgan fingerprint density at radius 3 is 2.21 bits per heavy atom. The number of nitrogens with one attached hydrogen (secondary N) is 1. The van der Waals surface area contributed by atoms with E-state index in [9.17, 15) is 0 Å². The van der Waals surface area contributed by atoms with Crippen molar-refractivity contribution in [3.05, 3.63) is 90.0 Å². The molecule has 0 saturated heterocycles. The fraction of sp³-hybridized carbons (Fsp3) is 0.308. The predicted octanol–water partition coefficient (Wildman–Crippen LogP) is 6.35. The van der Waals surface area contributed by atoms with Gasteiger partial charge in [0.15, 0.2) is 0 Å². The minimum atomic E-state index is 0.658. The third-order valence-electron chi connectivity index (χ3n) is 4.72. The van der Waals surface area contributed by atoms with Gasteiger partial charge in [-0.1, -0.05) is 56.3 Å². The lowest BCUT2D eigenvalue weighted by atomic mass is 10.1. The van der Waals surface area contributed by atoms with Gasteiger partial charge < -0.3 is 14.8 Å². The normalized spacial score (nSPS) is 10.7. The first kappa shape index (κ1) is 20.8. The van der Waals surface area contributed by atoms with E-state index < -0.39 is 0 Å². The van der Waals surface area contributed by atoms with E-state index in [-0.39, 0.29) is 0 Å². The Balaban J connectivity index is 1.43. The number of benzene rings is 3. The van der Waals surface area contributed by atoms with E-state index in [1.807, 2.05) is 30.3 Å². The molecule has 152 valence electrons. The number of anilines is 1. The molecule has 0 unspecified atom stereocenters. The molecule has 0 spiro atoms. The monoisotopic (exact) mass is 389 g/mol. The number of ether oxygens (including phenoxy) is 2. The summed E-state index contributed by atoms with van der Waals surface area (Å²) in [4.78, 5) is 0. The molecule has 0 aliphatic rings. The summed E-state index contributed by atoms with van der Waals surface area (Å²) < 4.78 is 11.7. The lowest BCUT2D eigenvalue weighted by Crippen LogP contribution is -2.03. The Morgan fingerprint density at radius 2 is 1.45 bits per heavy atom. The quantitative estimate of drug-likeness (QED) is 0.415. The summed E-state index contributed by atoms with van der Waals surface area (Å²) in [6.07, 6.45) is 1.98. The van der Waals surface area contributed by atoms with Crippen molar-refractivity contribution in [3.8, 4) is 11.5 Å². The van der Waals surface area contributed by atoms with Gasteiger partial charge in [-0.2, -0.15) is 0 Å². The van der Waals surface area contributed by atoms with Crippen LogP contribution in [-0.2, 0) is 13.0 Å². The van der Waals surface area contributed by atoms with Crippen molar-refractivity contribution in [1.29, 1.82) is 0 Å². The third kappa shape index (κ3) is 7.53. The number of hydrogen-bond acceptors (Lipinski definition) is 3. The number of hydrogen-bond donors (Lipinski definition) is 1. The molecule has 0 amide bonds. The van der Waals surface area contributed by atoms with Gasteiger partial charge in [0, 0.05) is 18.7 Å². The molecule has 0 aliphatic carbocycles. The van der Waals surface area contributed by atoms with Crippen molar-refractivity contribution in [2.75, 3.05) is 18.5 Å². The maximum Gasteiger partial charge on any atom is 0.119 e. The highest BCUT2D eigenvalue weighted by atomic mass is 16.5. The highest BCUT2D eigenvalue weighted by Crippen LogP contribution is 2.19. The fourth-order valence-corrected chi connectivity index (χ4v) is 2.96. The van der Waals surface area contributed by atoms with Gasteiger partial charge in [-0.25, -0.2) is 0 Å². The lowest BCUT2D eigenvalue weighted by molar-refractivity contribution is 0.289. The van der Waals surface area contributed by atoms with Crippen molar-refractivity contribution < 1.29 is 9.47 Å². The van der Waals surface area contributed by atoms with E-state index in [0.29, 0.717) is 12.5 Å². The Bertz CT molecular complexity index is 844. The van der Waals surface area contributed by atoms with Gasteiger partial charge in [0.1, 0.15) is 11.5 Å². The van der Waals surface area contributed by atoms with Crippen LogP contribution >= 0.6 is 0 Å². The van der Waals surface area contributed by atoms with Crippen molar-refractivity contribution in [1.82, 2.24) is 0 Å². The molecule has 0 aliphatic heterocycles. The molecule has 0 fully saturated rings. The highest BCUT2D eigenvalue weighted by Gasteiger charge is 2.01. The molecule has 3 nitrogen and oxygen atoms in total. The van der Waals surface area contributed by atoms with Crippen molar-refractivity contribution >= 4 is 5.69 Å². The zero-order valence-corrected chi connectivity index (χ0v) is 17.4. The average Bonchev–Trinajstić information content (AvgIpc) is 2.74. The van der Waals surface area contributed by atoms with Gasteiger partial charge in [-0.15, -0.1) is 0 Å². The van der Waals surface area contributed by atoms with Crippen LogP contribution in [0.15, 0.2) is 78.9 Å². The molecular formula is C26H31NO2. The summed E-state index contributed by atoms with van der Waals surface area (Å²) in [7, 11) is 0. The van der Waals surface area contributed by atoms with Crippen LogP contribution in [0, 0.1) is 5.92 Å². The van der Waals surface area contributed by atoms with Gasteiger partial charge in [0.2, 0.25) is 0 Å². The van der Waals surface area contributed by atoms with E-state index in [1.165, 1.54) is 11.1 Å².